The van der Waals surface area contributed by atoms with E-state index in [0.717, 1.165) is 109 Å². The number of nitrogens with one attached hydrogen (secondary N) is 2. The van der Waals surface area contributed by atoms with Crippen molar-refractivity contribution in [3.63, 3.8) is 0 Å². The van der Waals surface area contributed by atoms with Gasteiger partial charge in [-0.3, -0.25) is 9.13 Å². The highest BCUT2D eigenvalue weighted by Crippen LogP contribution is 2.32. The van der Waals surface area contributed by atoms with Crippen LogP contribution in [0.2, 0.25) is 0 Å². The maximum atomic E-state index is 13.5. The standard InChI is InChI=1S/2C27H27F2N3O2.2ClH.H2O/c2*28-21-9-5-19(6-10-21)26(20-7-11-22(29)12-8-20)34-23-13-15-31(16-14-23)17-18-32-25-4-2-1-3-24(25)30-27(32)33;;;/h2*1-12,23,26H,13-18H2,(H,30,33);2*1H;1H2. The van der Waals surface area contributed by atoms with E-state index >= 15 is 0 Å². The summed E-state index contributed by atoms with van der Waals surface area (Å²) in [5.74, 6) is -1.21. The summed E-state index contributed by atoms with van der Waals surface area (Å²) in [5, 5.41) is 0. The van der Waals surface area contributed by atoms with Crippen LogP contribution in [0.15, 0.2) is 155 Å². The van der Waals surface area contributed by atoms with Crippen molar-refractivity contribution < 1.29 is 32.5 Å². The maximum Gasteiger partial charge on any atom is 0.326 e. The van der Waals surface area contributed by atoms with Crippen LogP contribution in [0.25, 0.3) is 22.1 Å². The van der Waals surface area contributed by atoms with Gasteiger partial charge in [0.25, 0.3) is 0 Å². The maximum absolute atomic E-state index is 13.5. The van der Waals surface area contributed by atoms with E-state index in [-0.39, 0.29) is 89.4 Å². The number of rotatable bonds is 14. The molecule has 0 aliphatic carbocycles. The van der Waals surface area contributed by atoms with E-state index in [0.29, 0.717) is 13.1 Å². The third kappa shape index (κ3) is 13.7. The lowest BCUT2D eigenvalue weighted by molar-refractivity contribution is -0.0274. The smallest absolute Gasteiger partial charge is 0.326 e. The Balaban J connectivity index is 0.000000223. The Labute approximate surface area is 421 Å². The summed E-state index contributed by atoms with van der Waals surface area (Å²) in [6.07, 6.45) is 2.69. The lowest BCUT2D eigenvalue weighted by Gasteiger charge is -2.34. The number of benzene rings is 6. The summed E-state index contributed by atoms with van der Waals surface area (Å²) in [7, 11) is 0. The van der Waals surface area contributed by atoms with Crippen molar-refractivity contribution >= 4 is 46.9 Å². The first-order chi connectivity index (χ1) is 33.1. The number of ether oxygens (including phenoxy) is 2. The van der Waals surface area contributed by atoms with Crippen LogP contribution in [-0.2, 0) is 22.6 Å². The molecule has 2 saturated heterocycles. The number of fused-ring (bicyclic) bond motifs is 2. The molecule has 71 heavy (non-hydrogen) atoms. The molecule has 0 spiro atoms. The summed E-state index contributed by atoms with van der Waals surface area (Å²) in [6.45, 7) is 6.28. The number of piperidine rings is 2. The van der Waals surface area contributed by atoms with E-state index in [4.69, 9.17) is 9.47 Å². The van der Waals surface area contributed by atoms with Crippen LogP contribution >= 0.6 is 24.8 Å². The van der Waals surface area contributed by atoms with E-state index in [1.54, 1.807) is 57.7 Å². The zero-order valence-electron chi connectivity index (χ0n) is 38.9. The van der Waals surface area contributed by atoms with E-state index < -0.39 is 0 Å². The fourth-order valence-corrected chi connectivity index (χ4v) is 9.31. The van der Waals surface area contributed by atoms with Gasteiger partial charge in [-0.05, 0) is 121 Å². The topological polar surface area (TPSA) is 132 Å². The minimum Gasteiger partial charge on any atom is -0.412 e. The number of nitrogens with zero attached hydrogens (tertiary/aromatic N) is 4. The number of aromatic nitrogens is 4. The Morgan fingerprint density at radius 3 is 1.01 bits per heavy atom. The first-order valence-corrected chi connectivity index (χ1v) is 23.3. The number of hydrogen-bond acceptors (Lipinski definition) is 6. The van der Waals surface area contributed by atoms with Gasteiger partial charge in [-0.15, -0.1) is 24.8 Å². The van der Waals surface area contributed by atoms with Crippen molar-refractivity contribution in [2.75, 3.05) is 39.3 Å². The van der Waals surface area contributed by atoms with E-state index in [2.05, 4.69) is 19.8 Å². The molecule has 2 aliphatic heterocycles. The summed E-state index contributed by atoms with van der Waals surface area (Å²) in [6, 6.07) is 40.6. The van der Waals surface area contributed by atoms with Gasteiger partial charge in [0.1, 0.15) is 35.5 Å². The molecule has 4 N–H and O–H groups in total. The van der Waals surface area contributed by atoms with Crippen LogP contribution in [0, 0.1) is 23.3 Å². The van der Waals surface area contributed by atoms with Gasteiger partial charge in [0.05, 0.1) is 34.3 Å². The Morgan fingerprint density at radius 1 is 0.437 bits per heavy atom. The SMILES string of the molecule is Cl.Cl.O.O=c1[nH]c2ccccc2n1CCN1CCC(OC(c2ccc(F)cc2)c2ccc(F)cc2)CC1.O=c1[nH]c2ccccc2n1CCN1CCC(OC(c2ccc(F)cc2)c2ccc(F)cc2)CC1. The van der Waals surface area contributed by atoms with Crippen LogP contribution in [0.1, 0.15) is 60.1 Å². The highest BCUT2D eigenvalue weighted by molar-refractivity contribution is 5.85. The van der Waals surface area contributed by atoms with Gasteiger partial charge in [-0.25, -0.2) is 27.2 Å². The molecule has 2 aromatic heterocycles. The van der Waals surface area contributed by atoms with Crippen LogP contribution in [0.5, 0.6) is 0 Å². The Bertz CT molecular complexity index is 2710. The molecule has 0 amide bonds. The molecule has 2 fully saturated rings. The average Bonchev–Trinajstić information content (AvgIpc) is 3.87. The highest BCUT2D eigenvalue weighted by atomic mass is 35.5. The Hall–Kier alpha value is -6.04. The van der Waals surface area contributed by atoms with Gasteiger partial charge in [0.2, 0.25) is 0 Å². The van der Waals surface area contributed by atoms with Crippen molar-refractivity contribution in [1.29, 1.82) is 0 Å². The number of para-hydroxylation sites is 4. The van der Waals surface area contributed by atoms with Gasteiger partial charge < -0.3 is 34.7 Å². The molecule has 0 radical (unpaired) electrons. The predicted molar refractivity (Wildman–Crippen MR) is 274 cm³/mol. The summed E-state index contributed by atoms with van der Waals surface area (Å²) in [4.78, 5) is 35.1. The van der Waals surface area contributed by atoms with Gasteiger partial charge in [-0.2, -0.15) is 0 Å². The first-order valence-electron chi connectivity index (χ1n) is 23.3. The zero-order valence-corrected chi connectivity index (χ0v) is 40.5. The van der Waals surface area contributed by atoms with Gasteiger partial charge in [-0.1, -0.05) is 72.8 Å². The molecule has 2 aliphatic rings. The summed E-state index contributed by atoms with van der Waals surface area (Å²) in [5.41, 5.74) is 6.76. The molecule has 11 nitrogen and oxygen atoms in total. The zero-order chi connectivity index (χ0) is 47.0. The van der Waals surface area contributed by atoms with Crippen molar-refractivity contribution in [1.82, 2.24) is 28.9 Å². The monoisotopic (exact) mass is 1020 g/mol. The molecule has 376 valence electrons. The van der Waals surface area contributed by atoms with E-state index in [9.17, 15) is 27.2 Å². The van der Waals surface area contributed by atoms with Gasteiger partial charge in [0.15, 0.2) is 0 Å². The van der Waals surface area contributed by atoms with Gasteiger partial charge in [0, 0.05) is 52.4 Å². The normalized spacial score (nSPS) is 14.7. The van der Waals surface area contributed by atoms with Crippen LogP contribution < -0.4 is 11.4 Å². The third-order valence-electron chi connectivity index (χ3n) is 13.1. The largest absolute Gasteiger partial charge is 0.412 e. The van der Waals surface area contributed by atoms with E-state index in [1.165, 1.54) is 48.5 Å². The molecule has 8 aromatic rings. The number of imidazole rings is 2. The molecule has 4 heterocycles. The second-order valence-electron chi connectivity index (χ2n) is 17.5. The highest BCUT2D eigenvalue weighted by Gasteiger charge is 2.27. The molecule has 0 atom stereocenters. The summed E-state index contributed by atoms with van der Waals surface area (Å²) >= 11 is 0. The molecular weight excluding hydrogens is 960 g/mol. The lowest BCUT2D eigenvalue weighted by atomic mass is 10.00. The van der Waals surface area contributed by atoms with Crippen molar-refractivity contribution in [3.05, 3.63) is 212 Å². The number of likely N-dealkylation sites (tertiary alicyclic amines) is 2. The minimum absolute atomic E-state index is 0. The Kier molecular flexibility index (Phi) is 19.4. The first kappa shape index (κ1) is 54.3. The average molecular weight is 1020 g/mol. The van der Waals surface area contributed by atoms with Crippen LogP contribution in [0.4, 0.5) is 17.6 Å². The van der Waals surface area contributed by atoms with Crippen molar-refractivity contribution in [3.8, 4) is 0 Å². The molecule has 0 unspecified atom stereocenters. The van der Waals surface area contributed by atoms with Crippen LogP contribution in [0.3, 0.4) is 0 Å². The Morgan fingerprint density at radius 2 is 0.718 bits per heavy atom. The minimum atomic E-state index is -0.387. The van der Waals surface area contributed by atoms with Crippen LogP contribution in [-0.4, -0.2) is 85.9 Å². The number of hydrogen-bond donors (Lipinski definition) is 2. The van der Waals surface area contributed by atoms with Gasteiger partial charge >= 0.3 is 11.4 Å². The van der Waals surface area contributed by atoms with Crippen molar-refractivity contribution in [2.45, 2.75) is 63.2 Å². The fraction of sp³-hybridized carbons (Fsp3) is 0.296. The molecule has 6 aromatic carbocycles. The third-order valence-corrected chi connectivity index (χ3v) is 13.1. The molecule has 10 rings (SSSR count). The number of halogens is 6. The fourth-order valence-electron chi connectivity index (χ4n) is 9.31. The predicted octanol–water partition coefficient (Wildman–Crippen LogP) is 9.78. The second kappa shape index (κ2) is 25.4. The van der Waals surface area contributed by atoms with E-state index in [1.807, 2.05) is 48.5 Å². The number of aromatic amines is 2. The molecule has 17 heteroatoms. The van der Waals surface area contributed by atoms with Crippen molar-refractivity contribution in [2.24, 2.45) is 0 Å². The molecule has 0 saturated carbocycles. The summed E-state index contributed by atoms with van der Waals surface area (Å²) < 4.78 is 70.4. The molecule has 0 bridgehead atoms. The molecular formula is C54H58Cl2F4N6O5. The quantitative estimate of drug-likeness (QED) is 0.104. The lowest BCUT2D eigenvalue weighted by Crippen LogP contribution is -2.39. The number of H-pyrrole nitrogens is 2. The second-order valence-corrected chi connectivity index (χ2v) is 17.5.